The van der Waals surface area contributed by atoms with Crippen LogP contribution in [0.2, 0.25) is 0 Å². The van der Waals surface area contributed by atoms with E-state index in [0.29, 0.717) is 10.9 Å². The summed E-state index contributed by atoms with van der Waals surface area (Å²) >= 11 is 11.4. The molecule has 0 aromatic heterocycles. The van der Waals surface area contributed by atoms with E-state index in [9.17, 15) is 0 Å². The number of hydrogen-bond acceptors (Lipinski definition) is 0. The molecule has 0 nitrogen and oxygen atoms in total. The first-order chi connectivity index (χ1) is 5.25. The molecule has 0 atom stereocenters. The van der Waals surface area contributed by atoms with Gasteiger partial charge in [0, 0.05) is 10.9 Å². The molecule has 0 saturated carbocycles. The van der Waals surface area contributed by atoms with Gasteiger partial charge in [0.1, 0.15) is 0 Å². The fourth-order valence-electron chi connectivity index (χ4n) is 0.901. The van der Waals surface area contributed by atoms with Crippen LogP contribution in [0.25, 0.3) is 5.03 Å². The number of hydrogen-bond donors (Lipinski definition) is 0. The van der Waals surface area contributed by atoms with Gasteiger partial charge >= 0.3 is 0 Å². The quantitative estimate of drug-likeness (QED) is 0.620. The van der Waals surface area contributed by atoms with Gasteiger partial charge in [-0.3, -0.25) is 0 Å². The van der Waals surface area contributed by atoms with E-state index in [0.717, 1.165) is 11.1 Å². The lowest BCUT2D eigenvalue weighted by atomic mass is 10.1. The summed E-state index contributed by atoms with van der Waals surface area (Å²) in [5, 5.41) is 0.543. The first-order valence-corrected chi connectivity index (χ1v) is 4.15. The third kappa shape index (κ3) is 1.98. The molecule has 1 aromatic carbocycles. The average molecular weight is 187 g/mol. The molecule has 1 rings (SSSR count). The van der Waals surface area contributed by atoms with Gasteiger partial charge in [-0.25, -0.2) is 0 Å². The fourth-order valence-corrected chi connectivity index (χ4v) is 1.32. The minimum atomic E-state index is 0.474. The molecule has 0 amide bonds. The predicted octanol–water partition coefficient (Wildman–Crippen LogP) is 3.63. The second-order valence-electron chi connectivity index (χ2n) is 2.20. The summed E-state index contributed by atoms with van der Waals surface area (Å²) in [6.45, 7) is 3.64. The van der Waals surface area contributed by atoms with E-state index in [2.05, 4.69) is 6.58 Å². The molecular weight excluding hydrogens is 179 g/mol. The van der Waals surface area contributed by atoms with Crippen molar-refractivity contribution in [2.45, 2.75) is 5.88 Å². The maximum atomic E-state index is 5.73. The summed E-state index contributed by atoms with van der Waals surface area (Å²) in [5.74, 6) is 0.474. The first-order valence-electron chi connectivity index (χ1n) is 3.24. The maximum Gasteiger partial charge on any atom is 0.0480 e. The van der Waals surface area contributed by atoms with E-state index in [4.69, 9.17) is 23.2 Å². The Hall–Kier alpha value is -0.460. The van der Waals surface area contributed by atoms with Gasteiger partial charge in [-0.2, -0.15) is 0 Å². The van der Waals surface area contributed by atoms with Crippen molar-refractivity contribution >= 4 is 28.2 Å². The molecule has 0 heterocycles. The molecule has 11 heavy (non-hydrogen) atoms. The summed E-state index contributed by atoms with van der Waals surface area (Å²) in [4.78, 5) is 0. The summed E-state index contributed by atoms with van der Waals surface area (Å²) < 4.78 is 0. The molecule has 0 aliphatic carbocycles. The standard InChI is InChI=1S/C9H8Cl2/c1-7(11)9-5-3-2-4-8(9)6-10/h2-5H,1,6H2. The highest BCUT2D eigenvalue weighted by atomic mass is 35.5. The van der Waals surface area contributed by atoms with Crippen molar-refractivity contribution in [1.82, 2.24) is 0 Å². The summed E-state index contributed by atoms with van der Waals surface area (Å²) in [5.41, 5.74) is 1.96. The molecule has 0 spiro atoms. The van der Waals surface area contributed by atoms with Crippen molar-refractivity contribution in [1.29, 1.82) is 0 Å². The predicted molar refractivity (Wildman–Crippen MR) is 50.9 cm³/mol. The molecule has 0 aliphatic rings. The van der Waals surface area contributed by atoms with Crippen molar-refractivity contribution in [3.63, 3.8) is 0 Å². The van der Waals surface area contributed by atoms with Gasteiger partial charge in [-0.05, 0) is 11.1 Å². The van der Waals surface area contributed by atoms with Crippen LogP contribution in [0.3, 0.4) is 0 Å². The third-order valence-corrected chi connectivity index (χ3v) is 1.95. The van der Waals surface area contributed by atoms with Crippen molar-refractivity contribution in [2.75, 3.05) is 0 Å². The summed E-state index contributed by atoms with van der Waals surface area (Å²) in [7, 11) is 0. The molecule has 0 unspecified atom stereocenters. The molecule has 0 saturated heterocycles. The minimum Gasteiger partial charge on any atom is -0.122 e. The molecule has 0 bridgehead atoms. The fraction of sp³-hybridized carbons (Fsp3) is 0.111. The summed E-state index contributed by atoms with van der Waals surface area (Å²) in [6.07, 6.45) is 0. The summed E-state index contributed by atoms with van der Waals surface area (Å²) in [6, 6.07) is 7.70. The largest absolute Gasteiger partial charge is 0.122 e. The van der Waals surface area contributed by atoms with Crippen LogP contribution in [0, 0.1) is 0 Å². The van der Waals surface area contributed by atoms with E-state index < -0.39 is 0 Å². The topological polar surface area (TPSA) is 0 Å². The Bertz CT molecular complexity index is 266. The van der Waals surface area contributed by atoms with Crippen LogP contribution < -0.4 is 0 Å². The van der Waals surface area contributed by atoms with E-state index in [-0.39, 0.29) is 0 Å². The number of halogens is 2. The van der Waals surface area contributed by atoms with Gasteiger partial charge in [0.15, 0.2) is 0 Å². The molecular formula is C9H8Cl2. The Morgan fingerprint density at radius 3 is 2.45 bits per heavy atom. The zero-order chi connectivity index (χ0) is 8.27. The van der Waals surface area contributed by atoms with Crippen LogP contribution in [0.5, 0.6) is 0 Å². The highest BCUT2D eigenvalue weighted by Gasteiger charge is 2.00. The SMILES string of the molecule is C=C(Cl)c1ccccc1CCl. The van der Waals surface area contributed by atoms with Crippen LogP contribution in [-0.2, 0) is 5.88 Å². The van der Waals surface area contributed by atoms with Crippen molar-refractivity contribution in [2.24, 2.45) is 0 Å². The molecule has 2 heteroatoms. The number of benzene rings is 1. The van der Waals surface area contributed by atoms with Crippen LogP contribution in [0.4, 0.5) is 0 Å². The Labute approximate surface area is 76.4 Å². The van der Waals surface area contributed by atoms with E-state index >= 15 is 0 Å². The van der Waals surface area contributed by atoms with Gasteiger partial charge < -0.3 is 0 Å². The van der Waals surface area contributed by atoms with Gasteiger partial charge in [0.05, 0.1) is 0 Å². The molecule has 1 aromatic rings. The Morgan fingerprint density at radius 2 is 2.00 bits per heavy atom. The Kier molecular flexibility index (Phi) is 2.98. The molecule has 0 N–H and O–H groups in total. The number of alkyl halides is 1. The van der Waals surface area contributed by atoms with E-state index in [1.54, 1.807) is 0 Å². The molecule has 0 aliphatic heterocycles. The zero-order valence-electron chi connectivity index (χ0n) is 5.98. The zero-order valence-corrected chi connectivity index (χ0v) is 7.49. The molecule has 0 radical (unpaired) electrons. The van der Waals surface area contributed by atoms with Crippen molar-refractivity contribution < 1.29 is 0 Å². The number of rotatable bonds is 2. The van der Waals surface area contributed by atoms with Gasteiger partial charge in [-0.1, -0.05) is 42.4 Å². The maximum absolute atomic E-state index is 5.73. The molecule has 0 fully saturated rings. The Balaban J connectivity index is 3.12. The first kappa shape index (κ1) is 8.63. The Morgan fingerprint density at radius 1 is 1.36 bits per heavy atom. The van der Waals surface area contributed by atoms with Gasteiger partial charge in [0.2, 0.25) is 0 Å². The lowest BCUT2D eigenvalue weighted by Crippen LogP contribution is -1.84. The second kappa shape index (κ2) is 3.80. The van der Waals surface area contributed by atoms with E-state index in [1.807, 2.05) is 24.3 Å². The lowest BCUT2D eigenvalue weighted by Gasteiger charge is -2.02. The van der Waals surface area contributed by atoms with Crippen LogP contribution >= 0.6 is 23.2 Å². The monoisotopic (exact) mass is 186 g/mol. The molecule has 58 valence electrons. The normalized spacial score (nSPS) is 9.64. The smallest absolute Gasteiger partial charge is 0.0480 e. The van der Waals surface area contributed by atoms with E-state index in [1.165, 1.54) is 0 Å². The van der Waals surface area contributed by atoms with Crippen molar-refractivity contribution in [3.8, 4) is 0 Å². The van der Waals surface area contributed by atoms with Crippen LogP contribution in [0.15, 0.2) is 30.8 Å². The van der Waals surface area contributed by atoms with Gasteiger partial charge in [-0.15, -0.1) is 11.6 Å². The highest BCUT2D eigenvalue weighted by Crippen LogP contribution is 2.21. The lowest BCUT2D eigenvalue weighted by molar-refractivity contribution is 1.38. The average Bonchev–Trinajstić information content (AvgIpc) is 2.04. The van der Waals surface area contributed by atoms with Crippen molar-refractivity contribution in [3.05, 3.63) is 42.0 Å². The minimum absolute atomic E-state index is 0.474. The van der Waals surface area contributed by atoms with Gasteiger partial charge in [0.25, 0.3) is 0 Å². The third-order valence-electron chi connectivity index (χ3n) is 1.45. The van der Waals surface area contributed by atoms with Crippen LogP contribution in [0.1, 0.15) is 11.1 Å². The second-order valence-corrected chi connectivity index (χ2v) is 2.92. The highest BCUT2D eigenvalue weighted by molar-refractivity contribution is 6.48. The van der Waals surface area contributed by atoms with Crippen LogP contribution in [-0.4, -0.2) is 0 Å².